The zero-order valence-corrected chi connectivity index (χ0v) is 17.7. The van der Waals surface area contributed by atoms with Crippen molar-refractivity contribution in [1.29, 1.82) is 0 Å². The first kappa shape index (κ1) is 21.3. The third kappa shape index (κ3) is 6.05. The number of amides is 1. The van der Waals surface area contributed by atoms with E-state index < -0.39 is 0 Å². The Hall–Kier alpha value is -2.37. The molecule has 0 spiro atoms. The Morgan fingerprint density at radius 1 is 1.10 bits per heavy atom. The zero-order valence-electron chi connectivity index (χ0n) is 17.7. The predicted molar refractivity (Wildman–Crippen MR) is 113 cm³/mol. The van der Waals surface area contributed by atoms with Gasteiger partial charge in [-0.1, -0.05) is 44.2 Å². The van der Waals surface area contributed by atoms with Crippen LogP contribution in [0.1, 0.15) is 76.5 Å². The van der Waals surface area contributed by atoms with Crippen molar-refractivity contribution in [3.8, 4) is 17.1 Å². The molecule has 0 aliphatic carbocycles. The largest absolute Gasteiger partial charge is 0.497 e. The van der Waals surface area contributed by atoms with Crippen LogP contribution in [0.2, 0.25) is 0 Å². The lowest BCUT2D eigenvalue weighted by Gasteiger charge is -2.30. The van der Waals surface area contributed by atoms with E-state index >= 15 is 0 Å². The molecular weight excluding hydrogens is 366 g/mol. The van der Waals surface area contributed by atoms with Crippen molar-refractivity contribution in [3.05, 3.63) is 30.2 Å². The summed E-state index contributed by atoms with van der Waals surface area (Å²) in [7, 11) is 1.65. The van der Waals surface area contributed by atoms with Crippen molar-refractivity contribution in [1.82, 2.24) is 15.0 Å². The summed E-state index contributed by atoms with van der Waals surface area (Å²) in [4.78, 5) is 19.0. The van der Waals surface area contributed by atoms with E-state index in [1.807, 2.05) is 29.2 Å². The van der Waals surface area contributed by atoms with Gasteiger partial charge in [0.15, 0.2) is 0 Å². The number of carbonyl (C=O) groups excluding carboxylic acids is 1. The second-order valence-electron chi connectivity index (χ2n) is 7.86. The maximum atomic E-state index is 12.4. The maximum Gasteiger partial charge on any atom is 0.230 e. The molecule has 0 saturated carbocycles. The van der Waals surface area contributed by atoms with Crippen LogP contribution >= 0.6 is 0 Å². The highest BCUT2D eigenvalue weighted by Gasteiger charge is 2.27. The van der Waals surface area contributed by atoms with Gasteiger partial charge in [0.1, 0.15) is 5.75 Å². The van der Waals surface area contributed by atoms with Gasteiger partial charge in [0, 0.05) is 31.0 Å². The molecule has 1 aromatic carbocycles. The van der Waals surface area contributed by atoms with Gasteiger partial charge in [-0.15, -0.1) is 0 Å². The molecule has 3 rings (SSSR count). The summed E-state index contributed by atoms with van der Waals surface area (Å²) >= 11 is 0. The van der Waals surface area contributed by atoms with E-state index in [0.29, 0.717) is 24.0 Å². The van der Waals surface area contributed by atoms with Gasteiger partial charge in [0.2, 0.25) is 17.6 Å². The van der Waals surface area contributed by atoms with E-state index in [0.717, 1.165) is 43.7 Å². The molecule has 0 bridgehead atoms. The molecule has 1 aromatic heterocycles. The van der Waals surface area contributed by atoms with Crippen LogP contribution in [-0.4, -0.2) is 41.1 Å². The molecule has 29 heavy (non-hydrogen) atoms. The molecule has 1 saturated heterocycles. The first-order valence-electron chi connectivity index (χ1n) is 11.0. The molecule has 1 amide bonds. The van der Waals surface area contributed by atoms with Crippen molar-refractivity contribution in [2.45, 2.75) is 70.6 Å². The lowest BCUT2D eigenvalue weighted by atomic mass is 9.96. The van der Waals surface area contributed by atoms with Gasteiger partial charge >= 0.3 is 0 Å². The fraction of sp³-hybridized carbons (Fsp3) is 0.609. The van der Waals surface area contributed by atoms with Crippen molar-refractivity contribution < 1.29 is 14.1 Å². The van der Waals surface area contributed by atoms with Crippen LogP contribution in [0.3, 0.4) is 0 Å². The minimum atomic E-state index is 0.229. The Bertz CT molecular complexity index is 749. The average Bonchev–Trinajstić information content (AvgIpc) is 3.26. The number of hydrogen-bond acceptors (Lipinski definition) is 5. The molecule has 2 aromatic rings. The number of benzene rings is 1. The highest BCUT2D eigenvalue weighted by Crippen LogP contribution is 2.29. The summed E-state index contributed by atoms with van der Waals surface area (Å²) in [5.41, 5.74) is 0.910. The number of rotatable bonds is 10. The van der Waals surface area contributed by atoms with Crippen LogP contribution in [0.15, 0.2) is 28.8 Å². The lowest BCUT2D eigenvalue weighted by Crippen LogP contribution is -2.37. The third-order valence-corrected chi connectivity index (χ3v) is 5.73. The Labute approximate surface area is 173 Å². The maximum absolute atomic E-state index is 12.4. The van der Waals surface area contributed by atoms with Gasteiger partial charge in [0.05, 0.1) is 7.11 Å². The van der Waals surface area contributed by atoms with Crippen LogP contribution in [-0.2, 0) is 4.79 Å². The predicted octanol–water partition coefficient (Wildman–Crippen LogP) is 5.20. The molecule has 6 heteroatoms. The number of methoxy groups -OCH3 is 1. The van der Waals surface area contributed by atoms with E-state index in [-0.39, 0.29) is 5.92 Å². The number of aromatic nitrogens is 2. The van der Waals surface area contributed by atoms with Gasteiger partial charge in [0.25, 0.3) is 0 Å². The number of carbonyl (C=O) groups is 1. The van der Waals surface area contributed by atoms with E-state index in [4.69, 9.17) is 9.26 Å². The topological polar surface area (TPSA) is 68.5 Å². The van der Waals surface area contributed by atoms with Crippen LogP contribution in [0.25, 0.3) is 11.4 Å². The van der Waals surface area contributed by atoms with Gasteiger partial charge in [-0.05, 0) is 43.5 Å². The van der Waals surface area contributed by atoms with Crippen LogP contribution < -0.4 is 4.74 Å². The molecule has 0 radical (unpaired) electrons. The molecule has 0 N–H and O–H groups in total. The Morgan fingerprint density at radius 2 is 1.79 bits per heavy atom. The van der Waals surface area contributed by atoms with Gasteiger partial charge in [-0.25, -0.2) is 0 Å². The van der Waals surface area contributed by atoms with Crippen molar-refractivity contribution >= 4 is 5.91 Å². The van der Waals surface area contributed by atoms with Gasteiger partial charge in [-0.3, -0.25) is 4.79 Å². The molecule has 0 unspecified atom stereocenters. The van der Waals surface area contributed by atoms with Crippen LogP contribution in [0.5, 0.6) is 5.75 Å². The minimum Gasteiger partial charge on any atom is -0.497 e. The molecule has 0 atom stereocenters. The molecular formula is C23H33N3O3. The number of nitrogens with zero attached hydrogens (tertiary/aromatic N) is 3. The van der Waals surface area contributed by atoms with Gasteiger partial charge < -0.3 is 14.2 Å². The summed E-state index contributed by atoms with van der Waals surface area (Å²) in [6.07, 6.45) is 9.72. The first-order valence-corrected chi connectivity index (χ1v) is 11.0. The third-order valence-electron chi connectivity index (χ3n) is 5.73. The monoisotopic (exact) mass is 399 g/mol. The molecule has 1 aliphatic heterocycles. The number of piperidine rings is 1. The summed E-state index contributed by atoms with van der Waals surface area (Å²) < 4.78 is 10.7. The van der Waals surface area contributed by atoms with E-state index in [9.17, 15) is 4.79 Å². The Balaban J connectivity index is 1.43. The average molecular weight is 400 g/mol. The fourth-order valence-electron chi connectivity index (χ4n) is 3.85. The van der Waals surface area contributed by atoms with Crippen LogP contribution in [0.4, 0.5) is 0 Å². The van der Waals surface area contributed by atoms with Crippen molar-refractivity contribution in [2.24, 2.45) is 0 Å². The highest BCUT2D eigenvalue weighted by atomic mass is 16.5. The van der Waals surface area contributed by atoms with Crippen molar-refractivity contribution in [2.75, 3.05) is 20.2 Å². The summed E-state index contributed by atoms with van der Waals surface area (Å²) in [6.45, 7) is 3.78. The van der Waals surface area contributed by atoms with Crippen molar-refractivity contribution in [3.63, 3.8) is 0 Å². The molecule has 1 aliphatic rings. The lowest BCUT2D eigenvalue weighted by molar-refractivity contribution is -0.132. The smallest absolute Gasteiger partial charge is 0.230 e. The quantitative estimate of drug-likeness (QED) is 0.514. The van der Waals surface area contributed by atoms with E-state index in [2.05, 4.69) is 17.1 Å². The normalized spacial score (nSPS) is 14.9. The first-order chi connectivity index (χ1) is 14.2. The van der Waals surface area contributed by atoms with Crippen LogP contribution in [0, 0.1) is 0 Å². The SMILES string of the molecule is CCCCCCCCC(=O)N1CCC(c2nc(-c3ccc(OC)cc3)no2)CC1. The van der Waals surface area contributed by atoms with Gasteiger partial charge in [-0.2, -0.15) is 4.98 Å². The summed E-state index contributed by atoms with van der Waals surface area (Å²) in [6, 6.07) is 7.63. The Morgan fingerprint density at radius 3 is 2.48 bits per heavy atom. The second-order valence-corrected chi connectivity index (χ2v) is 7.86. The summed E-state index contributed by atoms with van der Waals surface area (Å²) in [5, 5.41) is 4.13. The molecule has 1 fully saturated rings. The Kier molecular flexibility index (Phi) is 8.08. The number of hydrogen-bond donors (Lipinski definition) is 0. The van der Waals surface area contributed by atoms with E-state index in [1.165, 1.54) is 32.1 Å². The number of ether oxygens (including phenoxy) is 1. The molecule has 6 nitrogen and oxygen atoms in total. The fourth-order valence-corrected chi connectivity index (χ4v) is 3.85. The molecule has 158 valence electrons. The number of unbranched alkanes of at least 4 members (excludes halogenated alkanes) is 5. The molecule has 2 heterocycles. The summed E-state index contributed by atoms with van der Waals surface area (Å²) in [5.74, 6) is 2.61. The number of likely N-dealkylation sites (tertiary alicyclic amines) is 1. The zero-order chi connectivity index (χ0) is 20.5. The standard InChI is InChI=1S/C23H33N3O3/c1-3-4-5-6-7-8-9-21(27)26-16-14-19(15-17-26)23-24-22(25-29-23)18-10-12-20(28-2)13-11-18/h10-13,19H,3-9,14-17H2,1-2H3. The van der Waals surface area contributed by atoms with E-state index in [1.54, 1.807) is 7.11 Å². The highest BCUT2D eigenvalue weighted by molar-refractivity contribution is 5.76. The second kappa shape index (κ2) is 11.0. The minimum absolute atomic E-state index is 0.229.